The van der Waals surface area contributed by atoms with E-state index in [1.807, 2.05) is 20.8 Å². The van der Waals surface area contributed by atoms with Gasteiger partial charge in [0.25, 0.3) is 0 Å². The van der Waals surface area contributed by atoms with E-state index in [1.54, 1.807) is 4.90 Å². The van der Waals surface area contributed by atoms with E-state index in [1.165, 1.54) is 6.07 Å². The lowest BCUT2D eigenvalue weighted by atomic mass is 9.97. The SMILES string of the molecule is CC(C)(C)OC(=O)N1CCC(N2CCC[C@@H](Nc3nnc(-c4ccc(C(F)(F)F)cc4O)c4c3COC4)C2)CC1. The number of nitrogens with one attached hydrogen (secondary N) is 1. The Balaban J connectivity index is 1.24. The third-order valence-electron chi connectivity index (χ3n) is 7.69. The second-order valence-corrected chi connectivity index (χ2v) is 11.8. The van der Waals surface area contributed by atoms with Gasteiger partial charge in [0.05, 0.1) is 18.8 Å². The molecule has 0 spiro atoms. The summed E-state index contributed by atoms with van der Waals surface area (Å²) in [7, 11) is 0. The van der Waals surface area contributed by atoms with E-state index < -0.39 is 23.1 Å². The summed E-state index contributed by atoms with van der Waals surface area (Å²) in [6.07, 6.45) is -1.05. The molecule has 0 bridgehead atoms. The van der Waals surface area contributed by atoms with Crippen molar-refractivity contribution in [2.75, 3.05) is 31.5 Å². The number of benzene rings is 1. The predicted molar refractivity (Wildman–Crippen MR) is 142 cm³/mol. The molecular weight excluding hydrogens is 527 g/mol. The first-order valence-corrected chi connectivity index (χ1v) is 13.7. The van der Waals surface area contributed by atoms with Crippen LogP contribution in [0.4, 0.5) is 23.8 Å². The summed E-state index contributed by atoms with van der Waals surface area (Å²) in [4.78, 5) is 16.7. The van der Waals surface area contributed by atoms with Crippen LogP contribution < -0.4 is 5.32 Å². The molecule has 12 heteroatoms. The Labute approximate surface area is 231 Å². The Morgan fingerprint density at radius 1 is 1.07 bits per heavy atom. The van der Waals surface area contributed by atoms with Gasteiger partial charge in [0, 0.05) is 48.4 Å². The lowest BCUT2D eigenvalue weighted by Crippen LogP contribution is -2.52. The standard InChI is InChI=1S/C28H36F3N5O4/c1-27(2,3)40-26(38)35-11-8-19(9-12-35)36-10-4-5-18(14-36)32-25-22-16-39-15-21(22)24(33-34-25)20-7-6-17(13-23(20)37)28(29,30)31/h6-7,13,18-19,37H,4-5,8-12,14-16H2,1-3H3,(H,32,34)/t18-/m1/s1. The van der Waals surface area contributed by atoms with Gasteiger partial charge in [-0.05, 0) is 71.2 Å². The quantitative estimate of drug-likeness (QED) is 0.526. The number of rotatable bonds is 4. The maximum absolute atomic E-state index is 13.1. The molecule has 1 aromatic carbocycles. The molecule has 40 heavy (non-hydrogen) atoms. The molecule has 1 amide bonds. The zero-order valence-corrected chi connectivity index (χ0v) is 23.1. The lowest BCUT2D eigenvalue weighted by Gasteiger charge is -2.42. The molecule has 2 aromatic rings. The van der Waals surface area contributed by atoms with Crippen molar-refractivity contribution in [1.29, 1.82) is 0 Å². The van der Waals surface area contributed by atoms with Crippen molar-refractivity contribution in [3.05, 3.63) is 34.9 Å². The summed E-state index contributed by atoms with van der Waals surface area (Å²) >= 11 is 0. The Morgan fingerprint density at radius 2 is 1.80 bits per heavy atom. The van der Waals surface area contributed by atoms with E-state index in [2.05, 4.69) is 20.4 Å². The van der Waals surface area contributed by atoms with Crippen LogP contribution in [0.25, 0.3) is 11.3 Å². The van der Waals surface area contributed by atoms with Crippen molar-refractivity contribution < 1.29 is 32.5 Å². The van der Waals surface area contributed by atoms with Crippen LogP contribution in [0.2, 0.25) is 0 Å². The van der Waals surface area contributed by atoms with Crippen molar-refractivity contribution in [1.82, 2.24) is 20.0 Å². The van der Waals surface area contributed by atoms with Gasteiger partial charge in [-0.2, -0.15) is 13.2 Å². The van der Waals surface area contributed by atoms with Gasteiger partial charge in [0.2, 0.25) is 0 Å². The van der Waals surface area contributed by atoms with Gasteiger partial charge in [0.15, 0.2) is 5.82 Å². The summed E-state index contributed by atoms with van der Waals surface area (Å²) in [6.45, 7) is 9.32. The molecule has 5 rings (SSSR count). The molecule has 0 saturated carbocycles. The fraction of sp³-hybridized carbons (Fsp3) is 0.607. The third kappa shape index (κ3) is 6.27. The summed E-state index contributed by atoms with van der Waals surface area (Å²) in [6, 6.07) is 3.39. The van der Waals surface area contributed by atoms with Gasteiger partial charge in [-0.25, -0.2) is 4.79 Å². The monoisotopic (exact) mass is 563 g/mol. The van der Waals surface area contributed by atoms with Crippen LogP contribution in [-0.2, 0) is 28.9 Å². The van der Waals surface area contributed by atoms with E-state index >= 15 is 0 Å². The largest absolute Gasteiger partial charge is 0.507 e. The minimum absolute atomic E-state index is 0.141. The number of nitrogens with zero attached hydrogens (tertiary/aromatic N) is 4. The highest BCUT2D eigenvalue weighted by molar-refractivity contribution is 5.73. The number of phenols is 1. The highest BCUT2D eigenvalue weighted by Gasteiger charge is 2.34. The molecule has 0 unspecified atom stereocenters. The molecule has 0 aliphatic carbocycles. The molecule has 3 aliphatic rings. The number of hydrogen-bond acceptors (Lipinski definition) is 8. The number of anilines is 1. The fourth-order valence-corrected chi connectivity index (χ4v) is 5.70. The summed E-state index contributed by atoms with van der Waals surface area (Å²) in [5, 5.41) is 22.6. The average Bonchev–Trinajstić information content (AvgIpc) is 3.39. The normalized spacial score (nSPS) is 20.9. The number of fused-ring (bicyclic) bond motifs is 1. The first kappa shape index (κ1) is 28.4. The number of amides is 1. The summed E-state index contributed by atoms with van der Waals surface area (Å²) in [5.41, 5.74) is 0.609. The minimum atomic E-state index is -4.55. The first-order chi connectivity index (χ1) is 18.9. The molecule has 218 valence electrons. The van der Waals surface area contributed by atoms with Crippen molar-refractivity contribution in [2.24, 2.45) is 0 Å². The summed E-state index contributed by atoms with van der Waals surface area (Å²) < 4.78 is 50.4. The number of ether oxygens (including phenoxy) is 2. The first-order valence-electron chi connectivity index (χ1n) is 13.7. The lowest BCUT2D eigenvalue weighted by molar-refractivity contribution is -0.137. The Hall–Kier alpha value is -3.12. The molecule has 2 N–H and O–H groups in total. The van der Waals surface area contributed by atoms with Crippen molar-refractivity contribution in [3.8, 4) is 17.0 Å². The molecule has 2 saturated heterocycles. The summed E-state index contributed by atoms with van der Waals surface area (Å²) in [5.74, 6) is 0.105. The van der Waals surface area contributed by atoms with Crippen LogP contribution in [0.15, 0.2) is 18.2 Å². The number of phenolic OH excluding ortho intramolecular Hbond substituents is 1. The van der Waals surface area contributed by atoms with Crippen LogP contribution in [0.1, 0.15) is 63.1 Å². The van der Waals surface area contributed by atoms with Gasteiger partial charge < -0.3 is 24.8 Å². The zero-order chi connectivity index (χ0) is 28.7. The average molecular weight is 564 g/mol. The molecule has 1 atom stereocenters. The molecule has 4 heterocycles. The van der Waals surface area contributed by atoms with Crippen LogP contribution in [0.5, 0.6) is 5.75 Å². The molecule has 2 fully saturated rings. The van der Waals surface area contributed by atoms with Crippen molar-refractivity contribution in [3.63, 3.8) is 0 Å². The van der Waals surface area contributed by atoms with Crippen LogP contribution in [-0.4, -0.2) is 75.1 Å². The molecule has 3 aliphatic heterocycles. The van der Waals surface area contributed by atoms with E-state index in [-0.39, 0.29) is 24.3 Å². The van der Waals surface area contributed by atoms with E-state index in [0.717, 1.165) is 56.0 Å². The Bertz CT molecular complexity index is 1240. The number of likely N-dealkylation sites (tertiary alicyclic amines) is 2. The number of alkyl halides is 3. The number of carbonyl (C=O) groups excluding carboxylic acids is 1. The van der Waals surface area contributed by atoms with Crippen LogP contribution >= 0.6 is 0 Å². The van der Waals surface area contributed by atoms with Crippen LogP contribution in [0.3, 0.4) is 0 Å². The van der Waals surface area contributed by atoms with Crippen molar-refractivity contribution >= 4 is 11.9 Å². The van der Waals surface area contributed by atoms with Gasteiger partial charge >= 0.3 is 12.3 Å². The van der Waals surface area contributed by atoms with Crippen LogP contribution in [0, 0.1) is 0 Å². The molecular formula is C28H36F3N5O4. The molecule has 1 aromatic heterocycles. The number of piperidine rings is 2. The topological polar surface area (TPSA) is 100 Å². The third-order valence-corrected chi connectivity index (χ3v) is 7.69. The number of hydrogen-bond donors (Lipinski definition) is 2. The van der Waals surface area contributed by atoms with E-state index in [9.17, 15) is 23.1 Å². The van der Waals surface area contributed by atoms with Gasteiger partial charge in [-0.1, -0.05) is 0 Å². The second kappa shape index (κ2) is 11.0. The Kier molecular flexibility index (Phi) is 7.84. The number of aromatic hydroxyl groups is 1. The molecule has 9 nitrogen and oxygen atoms in total. The predicted octanol–water partition coefficient (Wildman–Crippen LogP) is 5.17. The molecule has 0 radical (unpaired) electrons. The zero-order valence-electron chi connectivity index (χ0n) is 23.1. The van der Waals surface area contributed by atoms with Gasteiger partial charge in [-0.3, -0.25) is 4.90 Å². The minimum Gasteiger partial charge on any atom is -0.507 e. The van der Waals surface area contributed by atoms with E-state index in [0.29, 0.717) is 43.3 Å². The van der Waals surface area contributed by atoms with E-state index in [4.69, 9.17) is 9.47 Å². The second-order valence-electron chi connectivity index (χ2n) is 11.8. The highest BCUT2D eigenvalue weighted by atomic mass is 19.4. The Morgan fingerprint density at radius 3 is 2.48 bits per heavy atom. The maximum Gasteiger partial charge on any atom is 0.416 e. The highest BCUT2D eigenvalue weighted by Crippen LogP contribution is 2.40. The fourth-order valence-electron chi connectivity index (χ4n) is 5.70. The number of aromatic nitrogens is 2. The number of carbonyl (C=O) groups is 1. The van der Waals surface area contributed by atoms with Gasteiger partial charge in [-0.15, -0.1) is 10.2 Å². The van der Waals surface area contributed by atoms with Crippen molar-refractivity contribution in [2.45, 2.75) is 83.5 Å². The maximum atomic E-state index is 13.1. The van der Waals surface area contributed by atoms with Gasteiger partial charge in [0.1, 0.15) is 17.0 Å². The smallest absolute Gasteiger partial charge is 0.416 e. The number of halogens is 3.